The third kappa shape index (κ3) is 18.6. The lowest BCUT2D eigenvalue weighted by molar-refractivity contribution is 0.566. The molecular formula is C63H96. The summed E-state index contributed by atoms with van der Waals surface area (Å²) in [5.41, 5.74) is 24.9. The van der Waals surface area contributed by atoms with E-state index in [1.807, 2.05) is 0 Å². The van der Waals surface area contributed by atoms with Crippen molar-refractivity contribution in [1.82, 2.24) is 0 Å². The van der Waals surface area contributed by atoms with Crippen LogP contribution in [0.5, 0.6) is 0 Å². The Balaban J connectivity index is 0.000000400. The summed E-state index contributed by atoms with van der Waals surface area (Å²) in [6, 6.07) is 29.5. The zero-order valence-corrected chi connectivity index (χ0v) is 45.9. The highest BCUT2D eigenvalue weighted by Crippen LogP contribution is 2.32. The third-order valence-electron chi connectivity index (χ3n) is 12.7. The number of rotatable bonds is 5. The van der Waals surface area contributed by atoms with E-state index in [0.717, 1.165) is 0 Å². The van der Waals surface area contributed by atoms with E-state index in [2.05, 4.69) is 259 Å². The Morgan fingerprint density at radius 2 is 0.714 bits per heavy atom. The molecule has 0 nitrogen and oxygen atoms in total. The van der Waals surface area contributed by atoms with Crippen LogP contribution in [0.2, 0.25) is 0 Å². The van der Waals surface area contributed by atoms with Crippen molar-refractivity contribution in [3.05, 3.63) is 173 Å². The van der Waals surface area contributed by atoms with Gasteiger partial charge < -0.3 is 0 Å². The van der Waals surface area contributed by atoms with Crippen molar-refractivity contribution in [2.45, 2.75) is 220 Å². The van der Waals surface area contributed by atoms with Crippen LogP contribution in [0, 0.1) is 69.2 Å². The fourth-order valence-electron chi connectivity index (χ4n) is 8.00. The molecule has 0 unspecified atom stereocenters. The molecule has 0 aliphatic carbocycles. The molecule has 5 rings (SSSR count). The number of hydrogen-bond donors (Lipinski definition) is 0. The Labute approximate surface area is 392 Å². The monoisotopic (exact) mass is 853 g/mol. The van der Waals surface area contributed by atoms with Gasteiger partial charge in [0.2, 0.25) is 0 Å². The normalized spacial score (nSPS) is 11.4. The van der Waals surface area contributed by atoms with Crippen LogP contribution < -0.4 is 0 Å². The fraction of sp³-hybridized carbons (Fsp3) is 0.524. The van der Waals surface area contributed by atoms with E-state index in [4.69, 9.17) is 0 Å². The lowest BCUT2D eigenvalue weighted by Gasteiger charge is -2.26. The predicted octanol–water partition coefficient (Wildman–Crippen LogP) is 19.7. The van der Waals surface area contributed by atoms with E-state index >= 15 is 0 Å². The Morgan fingerprint density at radius 1 is 0.302 bits per heavy atom. The van der Waals surface area contributed by atoms with E-state index in [1.165, 1.54) is 94.6 Å². The van der Waals surface area contributed by atoms with Crippen LogP contribution in [0.1, 0.15) is 235 Å². The van der Waals surface area contributed by atoms with Gasteiger partial charge >= 0.3 is 0 Å². The van der Waals surface area contributed by atoms with Gasteiger partial charge in [-0.25, -0.2) is 0 Å². The quantitative estimate of drug-likeness (QED) is 0.165. The molecule has 5 aromatic carbocycles. The van der Waals surface area contributed by atoms with Crippen LogP contribution in [-0.4, -0.2) is 0 Å². The predicted molar refractivity (Wildman–Crippen MR) is 287 cm³/mol. The molecule has 63 heavy (non-hydrogen) atoms. The van der Waals surface area contributed by atoms with E-state index in [1.54, 1.807) is 0 Å². The van der Waals surface area contributed by atoms with Gasteiger partial charge in [0.05, 0.1) is 0 Å². The Bertz CT molecular complexity index is 2110. The number of benzene rings is 5. The molecule has 0 saturated carbocycles. The second kappa shape index (κ2) is 25.0. The second-order valence-electron chi connectivity index (χ2n) is 22.4. The van der Waals surface area contributed by atoms with Gasteiger partial charge in [0.15, 0.2) is 0 Å². The maximum atomic E-state index is 2.40. The van der Waals surface area contributed by atoms with Crippen molar-refractivity contribution in [3.63, 3.8) is 0 Å². The summed E-state index contributed by atoms with van der Waals surface area (Å²) in [7, 11) is 0. The van der Waals surface area contributed by atoms with Gasteiger partial charge in [-0.3, -0.25) is 0 Å². The van der Waals surface area contributed by atoms with Crippen LogP contribution in [0.25, 0.3) is 0 Å². The second-order valence-corrected chi connectivity index (χ2v) is 22.4. The summed E-state index contributed by atoms with van der Waals surface area (Å²) < 4.78 is 0. The average Bonchev–Trinajstić information content (AvgIpc) is 3.15. The third-order valence-corrected chi connectivity index (χ3v) is 12.7. The van der Waals surface area contributed by atoms with E-state index in [9.17, 15) is 0 Å². The van der Waals surface area contributed by atoms with Gasteiger partial charge in [-0.15, -0.1) is 0 Å². The first-order valence-corrected chi connectivity index (χ1v) is 24.2. The van der Waals surface area contributed by atoms with Crippen molar-refractivity contribution in [2.75, 3.05) is 0 Å². The molecule has 0 bridgehead atoms. The summed E-state index contributed by atoms with van der Waals surface area (Å²) in [6.45, 7) is 58.0. The molecule has 348 valence electrons. The standard InChI is InChI=1S/C16H26.C15H24.C13H20.C10H14.C9H12/c1-10(2)14-8-15(11(3)4)13(7)16(9-14)12(5)6;1-11-8-9-12(14(2,3)4)10-13(11)15(5,6)7;1-9(2)12-7-6-11(5)13(8-12)10(3)4;1-7-5-8(2)10(4)9(3)6-7;1-7-4-5-8(2)9(3)6-7/h8-12H,1-7H3;8-10H,1-7H3;6-10H,1-5H3;5-6H,1-4H3;4-6H,1-3H3. The van der Waals surface area contributed by atoms with Gasteiger partial charge in [-0.1, -0.05) is 201 Å². The smallest absolute Gasteiger partial charge is 0.0129 e. The molecule has 0 aromatic heterocycles. The van der Waals surface area contributed by atoms with Crippen molar-refractivity contribution >= 4 is 0 Å². The number of aryl methyl sites for hydroxylation is 8. The Kier molecular flexibility index (Phi) is 22.6. The molecule has 0 radical (unpaired) electrons. The van der Waals surface area contributed by atoms with Gasteiger partial charge in [-0.05, 0) is 193 Å². The number of hydrogen-bond acceptors (Lipinski definition) is 0. The van der Waals surface area contributed by atoms with Gasteiger partial charge in [0.25, 0.3) is 0 Å². The van der Waals surface area contributed by atoms with E-state index < -0.39 is 0 Å². The SMILES string of the molecule is Cc1c(C(C)C)cc(C(C)C)cc1C(C)C.Cc1cc(C)c(C)c(C)c1.Cc1ccc(C(C)(C)C)cc1C(C)(C)C.Cc1ccc(C(C)C)cc1C(C)C.Cc1ccc(C)c(C)c1. The molecule has 0 aliphatic heterocycles. The highest BCUT2D eigenvalue weighted by molar-refractivity contribution is 5.43. The first kappa shape index (κ1) is 57.1. The van der Waals surface area contributed by atoms with Crippen molar-refractivity contribution in [3.8, 4) is 0 Å². The minimum Gasteiger partial charge on any atom is -0.0590 e. The summed E-state index contributed by atoms with van der Waals surface area (Å²) in [5.74, 6) is 3.14. The van der Waals surface area contributed by atoms with Crippen molar-refractivity contribution in [1.29, 1.82) is 0 Å². The minimum absolute atomic E-state index is 0.241. The first-order valence-electron chi connectivity index (χ1n) is 24.2. The topological polar surface area (TPSA) is 0 Å². The molecule has 0 amide bonds. The van der Waals surface area contributed by atoms with Crippen LogP contribution in [0.15, 0.2) is 78.9 Å². The Hall–Kier alpha value is -3.90. The molecule has 0 heterocycles. The van der Waals surface area contributed by atoms with Crippen LogP contribution in [-0.2, 0) is 10.8 Å². The summed E-state index contributed by atoms with van der Waals surface area (Å²) >= 11 is 0. The molecule has 0 saturated heterocycles. The zero-order valence-electron chi connectivity index (χ0n) is 45.9. The lowest BCUT2D eigenvalue weighted by Crippen LogP contribution is -2.17. The lowest BCUT2D eigenvalue weighted by atomic mass is 9.79. The molecule has 0 atom stereocenters. The first-order chi connectivity index (χ1) is 28.8. The molecule has 0 aliphatic rings. The highest BCUT2D eigenvalue weighted by Gasteiger charge is 2.20. The Morgan fingerprint density at radius 3 is 1.10 bits per heavy atom. The molecule has 0 spiro atoms. The van der Waals surface area contributed by atoms with E-state index in [-0.39, 0.29) is 10.8 Å². The van der Waals surface area contributed by atoms with Gasteiger partial charge in [0.1, 0.15) is 0 Å². The maximum absolute atomic E-state index is 2.40. The molecule has 0 fully saturated rings. The van der Waals surface area contributed by atoms with Crippen molar-refractivity contribution < 1.29 is 0 Å². The largest absolute Gasteiger partial charge is 0.0590 e. The summed E-state index contributed by atoms with van der Waals surface area (Å²) in [6.07, 6.45) is 0. The summed E-state index contributed by atoms with van der Waals surface area (Å²) in [4.78, 5) is 0. The zero-order chi connectivity index (χ0) is 48.9. The maximum Gasteiger partial charge on any atom is -0.0129 e. The molecule has 5 aromatic rings. The van der Waals surface area contributed by atoms with Crippen LogP contribution >= 0.6 is 0 Å². The molecule has 0 N–H and O–H groups in total. The highest BCUT2D eigenvalue weighted by atomic mass is 14.3. The van der Waals surface area contributed by atoms with E-state index in [0.29, 0.717) is 29.6 Å². The summed E-state index contributed by atoms with van der Waals surface area (Å²) in [5, 5.41) is 0. The molecule has 0 heteroatoms. The average molecular weight is 853 g/mol. The van der Waals surface area contributed by atoms with Crippen LogP contribution in [0.4, 0.5) is 0 Å². The fourth-order valence-corrected chi connectivity index (χ4v) is 8.00. The minimum atomic E-state index is 0.241. The van der Waals surface area contributed by atoms with Gasteiger partial charge in [-0.2, -0.15) is 0 Å². The molecular weight excluding hydrogens is 757 g/mol. The van der Waals surface area contributed by atoms with Gasteiger partial charge in [0, 0.05) is 0 Å². The van der Waals surface area contributed by atoms with Crippen LogP contribution in [0.3, 0.4) is 0 Å². The van der Waals surface area contributed by atoms with Crippen molar-refractivity contribution in [2.24, 2.45) is 0 Å².